The molecule has 0 aromatic heterocycles. The molecule has 0 amide bonds. The molecule has 1 radical (unpaired) electrons. The van der Waals surface area contributed by atoms with Crippen molar-refractivity contribution in [3.8, 4) is 0 Å². The van der Waals surface area contributed by atoms with Crippen molar-refractivity contribution in [2.75, 3.05) is 0 Å². The predicted molar refractivity (Wildman–Crippen MR) is 184 cm³/mol. The smallest absolute Gasteiger partial charge is 0.358 e. The Bertz CT molecular complexity index is 1310. The summed E-state index contributed by atoms with van der Waals surface area (Å²) in [5.74, 6) is 2.12. The summed E-state index contributed by atoms with van der Waals surface area (Å²) in [7, 11) is -2.05. The van der Waals surface area contributed by atoms with Crippen molar-refractivity contribution in [3.63, 3.8) is 0 Å². The van der Waals surface area contributed by atoms with Gasteiger partial charge in [0.2, 0.25) is 0 Å². The van der Waals surface area contributed by atoms with Crippen LogP contribution in [0.3, 0.4) is 0 Å². The number of aryl methyl sites for hydroxylation is 2. The van der Waals surface area contributed by atoms with Crippen molar-refractivity contribution >= 4 is 40.0 Å². The molecule has 0 unspecified atom stereocenters. The van der Waals surface area contributed by atoms with Gasteiger partial charge in [-0.25, -0.2) is 0 Å². The third-order valence-corrected chi connectivity index (χ3v) is 12.5. The van der Waals surface area contributed by atoms with Gasteiger partial charge in [-0.05, 0) is 36.5 Å². The summed E-state index contributed by atoms with van der Waals surface area (Å²) in [4.78, 5) is 0. The van der Waals surface area contributed by atoms with Crippen molar-refractivity contribution in [2.24, 2.45) is 0 Å². The molecular weight excluding hydrogens is 535 g/mol. The molecule has 0 aliphatic rings. The van der Waals surface area contributed by atoms with Crippen molar-refractivity contribution in [2.45, 2.75) is 119 Å². The van der Waals surface area contributed by atoms with Crippen LogP contribution < -0.4 is 10.4 Å². The molecule has 0 N–H and O–H groups in total. The summed E-state index contributed by atoms with van der Waals surface area (Å²) >= 11 is 0. The minimum Gasteiger partial charge on any atom is -0.358 e. The maximum atomic E-state index is 2.65. The number of hydrogen-bond donors (Lipinski definition) is 0. The molecule has 4 aromatic rings. The van der Waals surface area contributed by atoms with Crippen LogP contribution in [0.15, 0.2) is 36.4 Å². The summed E-state index contributed by atoms with van der Waals surface area (Å²) in [6, 6.07) is 15.2. The van der Waals surface area contributed by atoms with Gasteiger partial charge in [-0.1, -0.05) is 117 Å². The Kier molecular flexibility index (Phi) is 12.4. The van der Waals surface area contributed by atoms with Gasteiger partial charge < -0.3 is 14.9 Å². The van der Waals surface area contributed by atoms with Gasteiger partial charge >= 0.3 is 18.6 Å². The van der Waals surface area contributed by atoms with Crippen molar-refractivity contribution < 1.29 is 18.6 Å². The maximum absolute atomic E-state index is 2.65. The van der Waals surface area contributed by atoms with Crippen molar-refractivity contribution in [1.82, 2.24) is 0 Å². The Morgan fingerprint density at radius 1 is 0.575 bits per heavy atom. The molecule has 0 spiro atoms. The van der Waals surface area contributed by atoms with Gasteiger partial charge in [0.15, 0.2) is 0 Å². The Balaban J connectivity index is 0.00000267. The van der Waals surface area contributed by atoms with E-state index >= 15 is 0 Å². The normalized spacial score (nSPS) is 12.0. The largest absolute Gasteiger partial charge is 4.00 e. The molecule has 217 valence electrons. The van der Waals surface area contributed by atoms with Crippen LogP contribution in [-0.4, -0.2) is 8.07 Å². The Labute approximate surface area is 261 Å². The van der Waals surface area contributed by atoms with Crippen LogP contribution in [0, 0.1) is 14.9 Å². The van der Waals surface area contributed by atoms with Crippen LogP contribution in [-0.2, 0) is 31.4 Å². The molecule has 4 aromatic carbocycles. The molecule has 0 aliphatic carbocycles. The van der Waals surface area contributed by atoms with E-state index in [0.29, 0.717) is 23.7 Å². The fraction of sp³-hybridized carbons (Fsp3) is 0.474. The quantitative estimate of drug-likeness (QED) is 0.141. The van der Waals surface area contributed by atoms with E-state index in [0.717, 1.165) is 12.8 Å². The first-order valence-corrected chi connectivity index (χ1v) is 17.9. The van der Waals surface area contributed by atoms with E-state index in [1.807, 2.05) is 0 Å². The average Bonchev–Trinajstić information content (AvgIpc) is 3.41. The van der Waals surface area contributed by atoms with Gasteiger partial charge in [0.05, 0.1) is 0 Å². The molecule has 2 heteroatoms. The summed E-state index contributed by atoms with van der Waals surface area (Å²) in [5, 5.41) is 9.51. The first-order chi connectivity index (χ1) is 17.3. The average molecular weight is 592 g/mol. The minimum absolute atomic E-state index is 0. The molecule has 0 fully saturated rings. The summed E-state index contributed by atoms with van der Waals surface area (Å²) in [6.07, 6.45) is 2.20. The fourth-order valence-corrected chi connectivity index (χ4v) is 10.9. The predicted octanol–water partition coefficient (Wildman–Crippen LogP) is 10.8. The zero-order chi connectivity index (χ0) is 27.4. The summed E-state index contributed by atoms with van der Waals surface area (Å²) < 4.78 is 0. The van der Waals surface area contributed by atoms with Gasteiger partial charge in [-0.15, -0.1) is 56.9 Å². The molecule has 0 aliphatic heterocycles. The molecule has 0 atom stereocenters. The fourth-order valence-electron chi connectivity index (χ4n) is 6.76. The van der Waals surface area contributed by atoms with E-state index < -0.39 is 8.07 Å². The van der Waals surface area contributed by atoms with E-state index in [-0.39, 0.29) is 33.4 Å². The van der Waals surface area contributed by atoms with E-state index in [2.05, 4.69) is 119 Å². The minimum atomic E-state index is -2.05. The third kappa shape index (κ3) is 6.13. The van der Waals surface area contributed by atoms with E-state index in [1.165, 1.54) is 21.9 Å². The Hall–Kier alpha value is -1.54. The van der Waals surface area contributed by atoms with Crippen molar-refractivity contribution in [3.05, 3.63) is 84.6 Å². The van der Waals surface area contributed by atoms with E-state index in [9.17, 15) is 0 Å². The van der Waals surface area contributed by atoms with Gasteiger partial charge in [0.1, 0.15) is 0 Å². The monoisotopic (exact) mass is 591 g/mol. The van der Waals surface area contributed by atoms with Gasteiger partial charge in [0, 0.05) is 8.07 Å². The molecule has 0 saturated carbocycles. The first kappa shape index (κ1) is 36.5. The van der Waals surface area contributed by atoms with Gasteiger partial charge in [-0.2, -0.15) is 10.4 Å². The number of hydrogen-bond acceptors (Lipinski definition) is 0. The summed E-state index contributed by atoms with van der Waals surface area (Å²) in [5.41, 5.74) is 9.22. The van der Waals surface area contributed by atoms with Crippen LogP contribution >= 0.6 is 0 Å². The molecule has 0 nitrogen and oxygen atoms in total. The van der Waals surface area contributed by atoms with Crippen molar-refractivity contribution in [1.29, 1.82) is 0 Å². The van der Waals surface area contributed by atoms with Crippen LogP contribution in [0.1, 0.15) is 126 Å². The standard InChI is InChI=1S/C36H50Si.2CH3.V/c1-13-25-15-29-17-27(21(3)4)19-31(23(7)8)33(29)35(25)37(11,12)36-26(14-2)16-30-18-28(22(5)6)20-32(24(9)10)34(30)36;;;/h15-24H,13-14H2,1-12H3;2*1H3;/q-2;2*-1;+4. The van der Waals surface area contributed by atoms with Crippen LogP contribution in [0.25, 0.3) is 21.5 Å². The van der Waals surface area contributed by atoms with Gasteiger partial charge in [0.25, 0.3) is 0 Å². The third-order valence-electron chi connectivity index (χ3n) is 8.83. The Morgan fingerprint density at radius 2 is 0.900 bits per heavy atom. The zero-order valence-electron chi connectivity index (χ0n) is 28.1. The zero-order valence-corrected chi connectivity index (χ0v) is 30.5. The Morgan fingerprint density at radius 3 is 1.15 bits per heavy atom. The first-order valence-electron chi connectivity index (χ1n) is 14.9. The second-order valence-corrected chi connectivity index (χ2v) is 17.4. The summed E-state index contributed by atoms with van der Waals surface area (Å²) in [6.45, 7) is 28.9. The van der Waals surface area contributed by atoms with Crippen LogP contribution in [0.4, 0.5) is 0 Å². The van der Waals surface area contributed by atoms with E-state index in [1.54, 1.807) is 43.4 Å². The van der Waals surface area contributed by atoms with Crippen LogP contribution in [0.2, 0.25) is 13.1 Å². The van der Waals surface area contributed by atoms with Crippen LogP contribution in [0.5, 0.6) is 0 Å². The topological polar surface area (TPSA) is 0 Å². The second kappa shape index (κ2) is 13.6. The molecule has 40 heavy (non-hydrogen) atoms. The van der Waals surface area contributed by atoms with Gasteiger partial charge in [-0.3, -0.25) is 0 Å². The molecular formula is C38H56SiV. The molecule has 0 heterocycles. The maximum Gasteiger partial charge on any atom is 4.00 e. The number of fused-ring (bicyclic) bond motifs is 2. The molecule has 4 rings (SSSR count). The number of benzene rings is 2. The molecule has 0 bridgehead atoms. The SMILES string of the molecule is CCc1[cH-]c2cc(C(C)C)cc(C(C)C)c2c1[Si](C)(C)c1c(CC)[cH-]c2cc(C(C)C)cc(C(C)C)c12.[CH3-].[CH3-].[V+4]. The second-order valence-electron chi connectivity index (χ2n) is 13.2. The van der Waals surface area contributed by atoms with E-state index in [4.69, 9.17) is 0 Å². The molecule has 0 saturated heterocycles. The number of rotatable bonds is 8.